The average molecular weight is 372 g/mol. The van der Waals surface area contributed by atoms with Crippen LogP contribution in [0.15, 0.2) is 36.7 Å². The van der Waals surface area contributed by atoms with Crippen LogP contribution in [0.2, 0.25) is 0 Å². The number of aromatic nitrogens is 2. The molecule has 0 spiro atoms. The summed E-state index contributed by atoms with van der Waals surface area (Å²) in [6, 6.07) is 5.94. The van der Waals surface area contributed by atoms with Crippen LogP contribution >= 0.6 is 0 Å². The number of nitro benzene ring substituents is 1. The zero-order valence-corrected chi connectivity index (χ0v) is 14.7. The molecule has 4 rings (SSSR count). The smallest absolute Gasteiger partial charge is 0.269 e. The maximum absolute atomic E-state index is 13.0. The Bertz CT molecular complexity index is 829. The number of amides is 1. The first-order valence-electron chi connectivity index (χ1n) is 8.97. The number of carbonyl (C=O) groups is 1. The highest BCUT2D eigenvalue weighted by Crippen LogP contribution is 2.26. The lowest BCUT2D eigenvalue weighted by atomic mass is 10.0. The van der Waals surface area contributed by atoms with Gasteiger partial charge >= 0.3 is 0 Å². The van der Waals surface area contributed by atoms with Crippen molar-refractivity contribution in [3.05, 3.63) is 52.3 Å². The third-order valence-corrected chi connectivity index (χ3v) is 4.93. The monoisotopic (exact) mass is 372 g/mol. The number of nitrogens with zero attached hydrogens (tertiary/aromatic N) is 4. The zero-order valence-electron chi connectivity index (χ0n) is 14.7. The van der Waals surface area contributed by atoms with Crippen molar-refractivity contribution in [2.75, 3.05) is 19.8 Å². The summed E-state index contributed by atoms with van der Waals surface area (Å²) in [6.45, 7) is 1.78. The highest BCUT2D eigenvalue weighted by atomic mass is 16.7. The molecule has 1 amide bonds. The fraction of sp³-hybridized carbons (Fsp3) is 0.444. The Morgan fingerprint density at radius 2 is 1.93 bits per heavy atom. The zero-order chi connectivity index (χ0) is 18.8. The van der Waals surface area contributed by atoms with Gasteiger partial charge in [0.1, 0.15) is 0 Å². The molecule has 1 aromatic carbocycles. The van der Waals surface area contributed by atoms with Gasteiger partial charge in [-0.15, -0.1) is 0 Å². The Kier molecular flexibility index (Phi) is 4.87. The maximum Gasteiger partial charge on any atom is 0.269 e. The lowest BCUT2D eigenvalue weighted by molar-refractivity contribution is -0.384. The topological polar surface area (TPSA) is 99.7 Å². The number of non-ortho nitro benzene ring substituents is 1. The SMILES string of the molecule is O=C(c1cnn(-c2ccc([N+](=O)[O-])cc2)c1)N1CCCCC1C1OCCO1. The van der Waals surface area contributed by atoms with E-state index in [1.54, 1.807) is 23.0 Å². The lowest BCUT2D eigenvalue weighted by Gasteiger charge is -2.37. The maximum atomic E-state index is 13.0. The Morgan fingerprint density at radius 1 is 1.19 bits per heavy atom. The summed E-state index contributed by atoms with van der Waals surface area (Å²) >= 11 is 0. The molecule has 0 N–H and O–H groups in total. The van der Waals surface area contributed by atoms with Crippen molar-refractivity contribution >= 4 is 11.6 Å². The molecule has 27 heavy (non-hydrogen) atoms. The van der Waals surface area contributed by atoms with Crippen molar-refractivity contribution in [3.63, 3.8) is 0 Å². The molecule has 0 saturated carbocycles. The minimum absolute atomic E-state index is 0.00919. The van der Waals surface area contributed by atoms with Gasteiger partial charge in [0.25, 0.3) is 11.6 Å². The van der Waals surface area contributed by atoms with Gasteiger partial charge in [0.15, 0.2) is 6.29 Å². The van der Waals surface area contributed by atoms with E-state index in [0.29, 0.717) is 31.0 Å². The van der Waals surface area contributed by atoms with E-state index < -0.39 is 4.92 Å². The number of piperidine rings is 1. The summed E-state index contributed by atoms with van der Waals surface area (Å²) in [5.74, 6) is -0.105. The fourth-order valence-corrected chi connectivity index (χ4v) is 3.56. The van der Waals surface area contributed by atoms with Gasteiger partial charge in [0.2, 0.25) is 0 Å². The van der Waals surface area contributed by atoms with Crippen LogP contribution in [0.3, 0.4) is 0 Å². The third-order valence-electron chi connectivity index (χ3n) is 4.93. The van der Waals surface area contributed by atoms with Crippen LogP contribution in [-0.4, -0.2) is 57.6 Å². The van der Waals surface area contributed by atoms with E-state index in [1.807, 2.05) is 4.90 Å². The Hall–Kier alpha value is -2.78. The van der Waals surface area contributed by atoms with Gasteiger partial charge in [-0.2, -0.15) is 5.10 Å². The summed E-state index contributed by atoms with van der Waals surface area (Å²) in [4.78, 5) is 25.2. The molecule has 2 aliphatic rings. The predicted octanol–water partition coefficient (Wildman–Crippen LogP) is 2.15. The fourth-order valence-electron chi connectivity index (χ4n) is 3.56. The van der Waals surface area contributed by atoms with E-state index in [4.69, 9.17) is 9.47 Å². The second-order valence-corrected chi connectivity index (χ2v) is 6.62. The van der Waals surface area contributed by atoms with Crippen LogP contribution < -0.4 is 0 Å². The second kappa shape index (κ2) is 7.45. The molecule has 9 heteroatoms. The van der Waals surface area contributed by atoms with E-state index in [0.717, 1.165) is 19.3 Å². The van der Waals surface area contributed by atoms with Crippen molar-refractivity contribution < 1.29 is 19.2 Å². The molecule has 9 nitrogen and oxygen atoms in total. The van der Waals surface area contributed by atoms with Crippen molar-refractivity contribution in [2.24, 2.45) is 0 Å². The molecule has 142 valence electrons. The summed E-state index contributed by atoms with van der Waals surface area (Å²) in [5, 5.41) is 15.0. The molecular formula is C18H20N4O5. The summed E-state index contributed by atoms with van der Waals surface area (Å²) < 4.78 is 12.8. The molecule has 2 aliphatic heterocycles. The molecule has 1 aromatic heterocycles. The molecule has 2 aromatic rings. The quantitative estimate of drug-likeness (QED) is 0.602. The van der Waals surface area contributed by atoms with Gasteiger partial charge in [0, 0.05) is 24.9 Å². The standard InChI is InChI=1S/C18H20N4O5/c23-17(20-8-2-1-3-16(20)18-26-9-10-27-18)13-11-19-21(12-13)14-4-6-15(7-5-14)22(24)25/h4-7,11-12,16,18H,1-3,8-10H2. The van der Waals surface area contributed by atoms with Crippen LogP contribution in [0.5, 0.6) is 0 Å². The van der Waals surface area contributed by atoms with Gasteiger partial charge in [-0.3, -0.25) is 14.9 Å². The number of benzene rings is 1. The van der Waals surface area contributed by atoms with Gasteiger partial charge in [-0.05, 0) is 31.4 Å². The molecule has 0 aliphatic carbocycles. The van der Waals surface area contributed by atoms with Crippen LogP contribution in [-0.2, 0) is 9.47 Å². The molecule has 0 radical (unpaired) electrons. The van der Waals surface area contributed by atoms with Crippen LogP contribution in [0.25, 0.3) is 5.69 Å². The first-order valence-corrected chi connectivity index (χ1v) is 8.97. The van der Waals surface area contributed by atoms with E-state index in [2.05, 4.69) is 5.10 Å². The van der Waals surface area contributed by atoms with Gasteiger partial charge in [-0.1, -0.05) is 0 Å². The number of hydrogen-bond acceptors (Lipinski definition) is 6. The summed E-state index contributed by atoms with van der Waals surface area (Å²) in [5.41, 5.74) is 1.13. The van der Waals surface area contributed by atoms with E-state index in [9.17, 15) is 14.9 Å². The van der Waals surface area contributed by atoms with Crippen molar-refractivity contribution in [1.29, 1.82) is 0 Å². The number of rotatable bonds is 4. The third kappa shape index (κ3) is 3.56. The van der Waals surface area contributed by atoms with Gasteiger partial charge in [-0.25, -0.2) is 4.68 Å². The predicted molar refractivity (Wildman–Crippen MR) is 94.6 cm³/mol. The minimum atomic E-state index is -0.453. The first-order chi connectivity index (χ1) is 13.1. The summed E-state index contributed by atoms with van der Waals surface area (Å²) in [6.07, 6.45) is 5.65. The number of ether oxygens (including phenoxy) is 2. The van der Waals surface area contributed by atoms with Crippen LogP contribution in [0.4, 0.5) is 5.69 Å². The molecular weight excluding hydrogens is 352 g/mol. The highest BCUT2D eigenvalue weighted by molar-refractivity contribution is 5.94. The Morgan fingerprint density at radius 3 is 2.63 bits per heavy atom. The molecule has 2 fully saturated rings. The van der Waals surface area contributed by atoms with Crippen LogP contribution in [0, 0.1) is 10.1 Å². The van der Waals surface area contributed by atoms with Gasteiger partial charge in [0.05, 0.1) is 41.6 Å². The number of likely N-dealkylation sites (tertiary alicyclic amines) is 1. The average Bonchev–Trinajstić information content (AvgIpc) is 3.40. The molecule has 2 saturated heterocycles. The molecule has 1 unspecified atom stereocenters. The number of carbonyl (C=O) groups excluding carboxylic acids is 1. The second-order valence-electron chi connectivity index (χ2n) is 6.62. The van der Waals surface area contributed by atoms with Gasteiger partial charge < -0.3 is 14.4 Å². The van der Waals surface area contributed by atoms with Crippen molar-refractivity contribution in [3.8, 4) is 5.69 Å². The Balaban J connectivity index is 1.52. The van der Waals surface area contributed by atoms with Crippen molar-refractivity contribution in [2.45, 2.75) is 31.6 Å². The largest absolute Gasteiger partial charge is 0.348 e. The summed E-state index contributed by atoms with van der Waals surface area (Å²) in [7, 11) is 0. The van der Waals surface area contributed by atoms with Crippen LogP contribution in [0.1, 0.15) is 29.6 Å². The number of nitro groups is 1. The minimum Gasteiger partial charge on any atom is -0.348 e. The molecule has 1 atom stereocenters. The molecule has 0 bridgehead atoms. The normalized spacial score (nSPS) is 20.7. The lowest BCUT2D eigenvalue weighted by Crippen LogP contribution is -2.50. The Labute approximate surface area is 155 Å². The number of hydrogen-bond donors (Lipinski definition) is 0. The van der Waals surface area contributed by atoms with E-state index in [-0.39, 0.29) is 23.9 Å². The highest BCUT2D eigenvalue weighted by Gasteiger charge is 2.36. The van der Waals surface area contributed by atoms with E-state index >= 15 is 0 Å². The first kappa shape index (κ1) is 17.6. The van der Waals surface area contributed by atoms with E-state index in [1.165, 1.54) is 18.3 Å². The van der Waals surface area contributed by atoms with Crippen molar-refractivity contribution in [1.82, 2.24) is 14.7 Å². The molecule has 3 heterocycles.